The summed E-state index contributed by atoms with van der Waals surface area (Å²) in [7, 11) is 1.52. The summed E-state index contributed by atoms with van der Waals surface area (Å²) >= 11 is 0. The zero-order valence-electron chi connectivity index (χ0n) is 17.6. The highest BCUT2D eigenvalue weighted by molar-refractivity contribution is 6.16. The molecule has 0 bridgehead atoms. The molecule has 1 fully saturated rings. The van der Waals surface area contributed by atoms with Crippen LogP contribution in [0.25, 0.3) is 11.3 Å². The second-order valence-corrected chi connectivity index (χ2v) is 7.27. The van der Waals surface area contributed by atoms with Gasteiger partial charge in [-0.3, -0.25) is 0 Å². The first-order chi connectivity index (χ1) is 15.4. The van der Waals surface area contributed by atoms with Gasteiger partial charge >= 0.3 is 11.9 Å². The number of methoxy groups -OCH3 is 1. The van der Waals surface area contributed by atoms with E-state index in [0.29, 0.717) is 28.5 Å². The Labute approximate surface area is 183 Å². The second-order valence-electron chi connectivity index (χ2n) is 7.27. The summed E-state index contributed by atoms with van der Waals surface area (Å²) in [6.07, 6.45) is 4.42. The van der Waals surface area contributed by atoms with Gasteiger partial charge in [0.05, 0.1) is 31.7 Å². The van der Waals surface area contributed by atoms with Crippen LogP contribution >= 0.6 is 0 Å². The van der Waals surface area contributed by atoms with Crippen LogP contribution in [0.15, 0.2) is 69.4 Å². The largest absolute Gasteiger partial charge is 0.496 e. The maximum Gasteiger partial charge on any atom is 0.352 e. The van der Waals surface area contributed by atoms with Crippen LogP contribution < -0.4 is 15.4 Å². The topological polar surface area (TPSA) is 125 Å². The molecule has 3 heterocycles. The number of anilines is 1. The third-order valence-electron chi connectivity index (χ3n) is 4.52. The Balaban J connectivity index is 1.68. The average Bonchev–Trinajstić information content (AvgIpc) is 3.44. The molecule has 0 spiro atoms. The SMILES string of the molecule is COc1cc(NC(NCc2ccco2)=C2C(=O)OC(C)(C)OC2=O)ccc1-c1cnco1. The van der Waals surface area contributed by atoms with Crippen LogP contribution in [0.3, 0.4) is 0 Å². The van der Waals surface area contributed by atoms with Crippen molar-refractivity contribution >= 4 is 17.6 Å². The van der Waals surface area contributed by atoms with Gasteiger partial charge in [-0.15, -0.1) is 0 Å². The van der Waals surface area contributed by atoms with Gasteiger partial charge in [-0.1, -0.05) is 0 Å². The average molecular weight is 439 g/mol. The maximum absolute atomic E-state index is 12.6. The van der Waals surface area contributed by atoms with Crippen LogP contribution in [0.4, 0.5) is 5.69 Å². The predicted molar refractivity (Wildman–Crippen MR) is 111 cm³/mol. The summed E-state index contributed by atoms with van der Waals surface area (Å²) in [5, 5.41) is 6.06. The lowest BCUT2D eigenvalue weighted by Gasteiger charge is -2.31. The minimum atomic E-state index is -1.36. The summed E-state index contributed by atoms with van der Waals surface area (Å²) in [5.41, 5.74) is 0.922. The molecule has 10 nitrogen and oxygen atoms in total. The highest BCUT2D eigenvalue weighted by Crippen LogP contribution is 2.33. The molecule has 1 aliphatic heterocycles. The van der Waals surface area contributed by atoms with Crippen molar-refractivity contribution in [1.82, 2.24) is 10.3 Å². The molecule has 0 aliphatic carbocycles. The van der Waals surface area contributed by atoms with Crippen molar-refractivity contribution in [2.45, 2.75) is 26.2 Å². The molecule has 1 aromatic carbocycles. The van der Waals surface area contributed by atoms with Gasteiger partial charge in [0, 0.05) is 25.6 Å². The smallest absolute Gasteiger partial charge is 0.352 e. The monoisotopic (exact) mass is 439 g/mol. The highest BCUT2D eigenvalue weighted by Gasteiger charge is 2.41. The van der Waals surface area contributed by atoms with Crippen molar-refractivity contribution in [2.75, 3.05) is 12.4 Å². The van der Waals surface area contributed by atoms with E-state index in [1.54, 1.807) is 36.5 Å². The Morgan fingerprint density at radius 1 is 1.12 bits per heavy atom. The number of hydrogen-bond donors (Lipinski definition) is 2. The fourth-order valence-electron chi connectivity index (χ4n) is 3.11. The molecule has 0 saturated carbocycles. The molecule has 1 saturated heterocycles. The van der Waals surface area contributed by atoms with E-state index in [1.165, 1.54) is 33.6 Å². The molecular weight excluding hydrogens is 418 g/mol. The van der Waals surface area contributed by atoms with Gasteiger partial charge in [-0.25, -0.2) is 14.6 Å². The first kappa shape index (κ1) is 21.0. The standard InChI is InChI=1S/C22H21N3O7/c1-22(2)31-20(26)18(21(27)32-22)19(24-10-14-5-4-8-29-14)25-13-6-7-15(16(9-13)28-3)17-11-23-12-30-17/h4-9,11-12,24-25H,10H2,1-3H3. The van der Waals surface area contributed by atoms with Crippen LogP contribution in [-0.2, 0) is 25.6 Å². The van der Waals surface area contributed by atoms with E-state index >= 15 is 0 Å². The van der Waals surface area contributed by atoms with E-state index in [4.69, 9.17) is 23.0 Å². The van der Waals surface area contributed by atoms with Crippen LogP contribution in [0, 0.1) is 0 Å². The van der Waals surface area contributed by atoms with Crippen molar-refractivity contribution in [3.63, 3.8) is 0 Å². The number of carbonyl (C=O) groups is 2. The number of carbonyl (C=O) groups excluding carboxylic acids is 2. The molecule has 2 N–H and O–H groups in total. The zero-order chi connectivity index (χ0) is 22.7. The van der Waals surface area contributed by atoms with Gasteiger partial charge in [0.15, 0.2) is 17.7 Å². The van der Waals surface area contributed by atoms with Crippen molar-refractivity contribution < 1.29 is 32.6 Å². The molecule has 0 radical (unpaired) electrons. The number of hydrogen-bond acceptors (Lipinski definition) is 10. The van der Waals surface area contributed by atoms with Crippen molar-refractivity contribution in [2.24, 2.45) is 0 Å². The second kappa shape index (κ2) is 8.50. The number of nitrogens with one attached hydrogen (secondary N) is 2. The summed E-state index contributed by atoms with van der Waals surface area (Å²) in [6, 6.07) is 8.67. The number of oxazole rings is 1. The summed E-state index contributed by atoms with van der Waals surface area (Å²) in [5.74, 6) is -1.26. The fraction of sp³-hybridized carbons (Fsp3) is 0.227. The molecule has 166 valence electrons. The van der Waals surface area contributed by atoms with E-state index < -0.39 is 17.7 Å². The number of benzene rings is 1. The molecule has 3 aromatic rings. The summed E-state index contributed by atoms with van der Waals surface area (Å²) < 4.78 is 26.6. The van der Waals surface area contributed by atoms with E-state index in [1.807, 2.05) is 0 Å². The Bertz CT molecular complexity index is 1130. The van der Waals surface area contributed by atoms with Crippen LogP contribution in [-0.4, -0.2) is 29.8 Å². The number of aromatic nitrogens is 1. The van der Waals surface area contributed by atoms with Gasteiger partial charge in [0.25, 0.3) is 5.79 Å². The summed E-state index contributed by atoms with van der Waals surface area (Å²) in [4.78, 5) is 29.2. The van der Waals surface area contributed by atoms with Crippen molar-refractivity contribution in [1.29, 1.82) is 0 Å². The van der Waals surface area contributed by atoms with Gasteiger partial charge < -0.3 is 33.7 Å². The predicted octanol–water partition coefficient (Wildman–Crippen LogP) is 3.19. The maximum atomic E-state index is 12.6. The lowest BCUT2D eigenvalue weighted by molar-refractivity contribution is -0.222. The number of esters is 2. The Morgan fingerprint density at radius 3 is 2.53 bits per heavy atom. The van der Waals surface area contributed by atoms with Gasteiger partial charge in [-0.2, -0.15) is 0 Å². The van der Waals surface area contributed by atoms with Crippen LogP contribution in [0.1, 0.15) is 19.6 Å². The van der Waals surface area contributed by atoms with Gasteiger partial charge in [-0.05, 0) is 24.3 Å². The minimum absolute atomic E-state index is 0.0985. The van der Waals surface area contributed by atoms with E-state index in [0.717, 1.165) is 0 Å². The normalized spacial score (nSPS) is 15.0. The Hall–Kier alpha value is -4.21. The molecule has 4 rings (SSSR count). The van der Waals surface area contributed by atoms with Gasteiger partial charge in [0.1, 0.15) is 17.3 Å². The molecule has 10 heteroatoms. The first-order valence-corrected chi connectivity index (χ1v) is 9.67. The fourth-order valence-corrected chi connectivity index (χ4v) is 3.11. The number of cyclic esters (lactones) is 2. The third-order valence-corrected chi connectivity index (χ3v) is 4.52. The van der Waals surface area contributed by atoms with E-state index in [2.05, 4.69) is 15.6 Å². The highest BCUT2D eigenvalue weighted by atomic mass is 16.7. The molecule has 2 aromatic heterocycles. The van der Waals surface area contributed by atoms with Crippen molar-refractivity contribution in [3.05, 3.63) is 66.3 Å². The molecular formula is C22H21N3O7. The van der Waals surface area contributed by atoms with Crippen molar-refractivity contribution in [3.8, 4) is 17.1 Å². The van der Waals surface area contributed by atoms with Crippen LogP contribution in [0.2, 0.25) is 0 Å². The Kier molecular flexibility index (Phi) is 5.59. The zero-order valence-corrected chi connectivity index (χ0v) is 17.6. The molecule has 1 aliphatic rings. The molecule has 32 heavy (non-hydrogen) atoms. The van der Waals surface area contributed by atoms with E-state index in [9.17, 15) is 9.59 Å². The number of rotatable bonds is 7. The summed E-state index contributed by atoms with van der Waals surface area (Å²) in [6.45, 7) is 3.17. The lowest BCUT2D eigenvalue weighted by Crippen LogP contribution is -2.44. The minimum Gasteiger partial charge on any atom is -0.496 e. The molecule has 0 unspecified atom stereocenters. The number of nitrogens with zero attached hydrogens (tertiary/aromatic N) is 1. The molecule has 0 atom stereocenters. The quantitative estimate of drug-likeness (QED) is 0.322. The van der Waals surface area contributed by atoms with Crippen LogP contribution in [0.5, 0.6) is 5.75 Å². The number of furan rings is 1. The van der Waals surface area contributed by atoms with E-state index in [-0.39, 0.29) is 17.9 Å². The lowest BCUT2D eigenvalue weighted by atomic mass is 10.1. The molecule has 0 amide bonds. The Morgan fingerprint density at radius 2 is 1.91 bits per heavy atom. The van der Waals surface area contributed by atoms with Gasteiger partial charge in [0.2, 0.25) is 0 Å². The number of ether oxygens (including phenoxy) is 3. The first-order valence-electron chi connectivity index (χ1n) is 9.67. The third kappa shape index (κ3) is 4.43.